The first-order chi connectivity index (χ1) is 10.1. The summed E-state index contributed by atoms with van der Waals surface area (Å²) >= 11 is 3.41. The van der Waals surface area contributed by atoms with Crippen LogP contribution in [0.4, 0.5) is 0 Å². The van der Waals surface area contributed by atoms with Gasteiger partial charge in [-0.3, -0.25) is 0 Å². The molecule has 5 nitrogen and oxygen atoms in total. The smallest absolute Gasteiger partial charge is 0.339 e. The predicted octanol–water partition coefficient (Wildman–Crippen LogP) is 3.90. The number of nitrogens with zero attached hydrogens (tertiary/aromatic N) is 2. The van der Waals surface area contributed by atoms with Gasteiger partial charge in [-0.25, -0.2) is 9.48 Å². The number of benzene rings is 1. The fraction of sp³-hybridized carbons (Fsp3) is 0.0667. The van der Waals surface area contributed by atoms with E-state index in [1.165, 1.54) is 18.7 Å². The van der Waals surface area contributed by atoms with E-state index in [9.17, 15) is 9.90 Å². The first kappa shape index (κ1) is 13.6. The van der Waals surface area contributed by atoms with Crippen LogP contribution in [0.1, 0.15) is 15.9 Å². The van der Waals surface area contributed by atoms with E-state index in [1.54, 1.807) is 10.7 Å². The molecule has 0 saturated carbocycles. The van der Waals surface area contributed by atoms with Crippen molar-refractivity contribution in [2.24, 2.45) is 0 Å². The summed E-state index contributed by atoms with van der Waals surface area (Å²) < 4.78 is 7.55. The number of aryl methyl sites for hydroxylation is 1. The first-order valence-corrected chi connectivity index (χ1v) is 6.97. The van der Waals surface area contributed by atoms with E-state index in [-0.39, 0.29) is 5.56 Å². The molecule has 0 aliphatic rings. The van der Waals surface area contributed by atoms with Crippen LogP contribution in [0.5, 0.6) is 0 Å². The van der Waals surface area contributed by atoms with E-state index >= 15 is 0 Å². The maximum Gasteiger partial charge on any atom is 0.339 e. The van der Waals surface area contributed by atoms with E-state index in [0.29, 0.717) is 11.3 Å². The highest BCUT2D eigenvalue weighted by Crippen LogP contribution is 2.26. The van der Waals surface area contributed by atoms with Gasteiger partial charge in [0, 0.05) is 16.2 Å². The number of carbonyl (C=O) groups is 1. The van der Waals surface area contributed by atoms with Gasteiger partial charge in [0.1, 0.15) is 11.3 Å². The van der Waals surface area contributed by atoms with Crippen molar-refractivity contribution >= 4 is 21.9 Å². The van der Waals surface area contributed by atoms with Crippen molar-refractivity contribution in [3.8, 4) is 16.9 Å². The van der Waals surface area contributed by atoms with Gasteiger partial charge in [-0.15, -0.1) is 0 Å². The summed E-state index contributed by atoms with van der Waals surface area (Å²) in [6.45, 7) is 1.94. The Labute approximate surface area is 129 Å². The zero-order valence-corrected chi connectivity index (χ0v) is 12.7. The number of halogens is 1. The molecular weight excluding hydrogens is 336 g/mol. The van der Waals surface area contributed by atoms with Crippen molar-refractivity contribution in [2.75, 3.05) is 0 Å². The predicted molar refractivity (Wildman–Crippen MR) is 80.7 cm³/mol. The van der Waals surface area contributed by atoms with Gasteiger partial charge in [0.15, 0.2) is 0 Å². The standard InChI is InChI=1S/C15H11BrN2O3/c1-9-6-11(16)2-3-13(9)18-7-12(15(19)20)14(17-18)10-4-5-21-8-10/h2-8H,1H3,(H,19,20). The van der Waals surface area contributed by atoms with E-state index in [4.69, 9.17) is 4.42 Å². The second-order valence-corrected chi connectivity index (χ2v) is 5.50. The van der Waals surface area contributed by atoms with Crippen LogP contribution in [0.3, 0.4) is 0 Å². The lowest BCUT2D eigenvalue weighted by molar-refractivity contribution is 0.0697. The van der Waals surface area contributed by atoms with Crippen molar-refractivity contribution in [1.29, 1.82) is 0 Å². The quantitative estimate of drug-likeness (QED) is 0.780. The minimum atomic E-state index is -1.02. The molecule has 0 amide bonds. The molecule has 0 spiro atoms. The van der Waals surface area contributed by atoms with E-state index in [2.05, 4.69) is 21.0 Å². The topological polar surface area (TPSA) is 68.3 Å². The lowest BCUT2D eigenvalue weighted by atomic mass is 10.1. The van der Waals surface area contributed by atoms with Crippen molar-refractivity contribution < 1.29 is 14.3 Å². The molecule has 0 radical (unpaired) electrons. The summed E-state index contributed by atoms with van der Waals surface area (Å²) in [6, 6.07) is 7.42. The minimum absolute atomic E-state index is 0.138. The Hall–Kier alpha value is -2.34. The largest absolute Gasteiger partial charge is 0.478 e. The molecule has 0 bridgehead atoms. The number of hydrogen-bond donors (Lipinski definition) is 1. The average Bonchev–Trinajstić information content (AvgIpc) is 3.07. The number of hydrogen-bond acceptors (Lipinski definition) is 3. The highest BCUT2D eigenvalue weighted by atomic mass is 79.9. The van der Waals surface area contributed by atoms with Gasteiger partial charge in [0.05, 0.1) is 18.2 Å². The molecular formula is C15H11BrN2O3. The fourth-order valence-corrected chi connectivity index (χ4v) is 2.62. The maximum absolute atomic E-state index is 11.4. The van der Waals surface area contributed by atoms with Gasteiger partial charge in [-0.05, 0) is 36.8 Å². The molecule has 2 aromatic heterocycles. The molecule has 3 aromatic rings. The highest BCUT2D eigenvalue weighted by molar-refractivity contribution is 9.10. The van der Waals surface area contributed by atoms with Crippen molar-refractivity contribution in [1.82, 2.24) is 9.78 Å². The fourth-order valence-electron chi connectivity index (χ4n) is 2.14. The number of carboxylic acid groups (broad SMARTS) is 1. The lowest BCUT2D eigenvalue weighted by Gasteiger charge is -2.05. The zero-order chi connectivity index (χ0) is 15.0. The molecule has 1 aromatic carbocycles. The Morgan fingerprint density at radius 2 is 2.19 bits per heavy atom. The van der Waals surface area contributed by atoms with E-state index in [1.807, 2.05) is 25.1 Å². The molecule has 3 rings (SSSR count). The van der Waals surface area contributed by atoms with E-state index < -0.39 is 5.97 Å². The summed E-state index contributed by atoms with van der Waals surface area (Å²) in [7, 11) is 0. The van der Waals surface area contributed by atoms with Crippen LogP contribution in [-0.2, 0) is 0 Å². The van der Waals surface area contributed by atoms with Gasteiger partial charge in [0.2, 0.25) is 0 Å². The Kier molecular flexibility index (Phi) is 3.39. The third-order valence-electron chi connectivity index (χ3n) is 3.14. The third-order valence-corrected chi connectivity index (χ3v) is 3.64. The molecule has 2 heterocycles. The van der Waals surface area contributed by atoms with Gasteiger partial charge in [-0.2, -0.15) is 5.10 Å². The maximum atomic E-state index is 11.4. The lowest BCUT2D eigenvalue weighted by Crippen LogP contribution is -1.98. The van der Waals surface area contributed by atoms with Crippen LogP contribution in [0.15, 0.2) is 51.9 Å². The number of aromatic nitrogens is 2. The van der Waals surface area contributed by atoms with Gasteiger partial charge >= 0.3 is 5.97 Å². The van der Waals surface area contributed by atoms with Crippen LogP contribution in [0.25, 0.3) is 16.9 Å². The van der Waals surface area contributed by atoms with Crippen molar-refractivity contribution in [2.45, 2.75) is 6.92 Å². The monoisotopic (exact) mass is 346 g/mol. The molecule has 0 atom stereocenters. The Morgan fingerprint density at radius 3 is 2.81 bits per heavy atom. The normalized spacial score (nSPS) is 10.8. The number of furan rings is 1. The zero-order valence-electron chi connectivity index (χ0n) is 11.1. The van der Waals surface area contributed by atoms with E-state index in [0.717, 1.165) is 15.7 Å². The minimum Gasteiger partial charge on any atom is -0.478 e. The number of aromatic carboxylic acids is 1. The second-order valence-electron chi connectivity index (χ2n) is 4.58. The van der Waals surface area contributed by atoms with Gasteiger partial charge in [0.25, 0.3) is 0 Å². The summed E-state index contributed by atoms with van der Waals surface area (Å²) in [5.74, 6) is -1.02. The van der Waals surface area contributed by atoms with Crippen LogP contribution >= 0.6 is 15.9 Å². The van der Waals surface area contributed by atoms with Crippen LogP contribution in [-0.4, -0.2) is 20.9 Å². The summed E-state index contributed by atoms with van der Waals surface area (Å²) in [6.07, 6.45) is 4.49. The van der Waals surface area contributed by atoms with Gasteiger partial charge in [-0.1, -0.05) is 15.9 Å². The molecule has 6 heteroatoms. The summed E-state index contributed by atoms with van der Waals surface area (Å²) in [4.78, 5) is 11.4. The Bertz CT molecular complexity index is 806. The van der Waals surface area contributed by atoms with Crippen LogP contribution in [0.2, 0.25) is 0 Å². The SMILES string of the molecule is Cc1cc(Br)ccc1-n1cc(C(=O)O)c(-c2ccoc2)n1. The number of carboxylic acids is 1. The Morgan fingerprint density at radius 1 is 1.38 bits per heavy atom. The van der Waals surface area contributed by atoms with Crippen LogP contribution < -0.4 is 0 Å². The highest BCUT2D eigenvalue weighted by Gasteiger charge is 2.19. The van der Waals surface area contributed by atoms with Crippen LogP contribution in [0, 0.1) is 6.92 Å². The molecule has 0 aliphatic heterocycles. The van der Waals surface area contributed by atoms with Crippen molar-refractivity contribution in [3.63, 3.8) is 0 Å². The summed E-state index contributed by atoms with van der Waals surface area (Å²) in [5, 5.41) is 13.7. The molecule has 21 heavy (non-hydrogen) atoms. The Balaban J connectivity index is 2.17. The molecule has 106 valence electrons. The van der Waals surface area contributed by atoms with Crippen molar-refractivity contribution in [3.05, 3.63) is 58.6 Å². The second kappa shape index (κ2) is 5.21. The molecule has 0 aliphatic carbocycles. The molecule has 0 saturated heterocycles. The van der Waals surface area contributed by atoms with Gasteiger partial charge < -0.3 is 9.52 Å². The molecule has 1 N–H and O–H groups in total. The molecule has 0 unspecified atom stereocenters. The average molecular weight is 347 g/mol. The summed E-state index contributed by atoms with van der Waals surface area (Å²) in [5.41, 5.74) is 2.98. The molecule has 0 fully saturated rings. The third kappa shape index (κ3) is 2.50. The number of rotatable bonds is 3. The first-order valence-electron chi connectivity index (χ1n) is 6.18.